The number of nitrogens with two attached hydrogens (primary N) is 2. The Labute approximate surface area is 128 Å². The van der Waals surface area contributed by atoms with Crippen LogP contribution < -0.4 is 16.8 Å². The Kier molecular flexibility index (Phi) is 5.17. The number of carbonyl (C=O) groups excluding carboxylic acids is 2. The van der Waals surface area contributed by atoms with Crippen molar-refractivity contribution in [1.29, 1.82) is 5.26 Å². The summed E-state index contributed by atoms with van der Waals surface area (Å²) >= 11 is 5.56. The molecule has 0 aliphatic rings. The van der Waals surface area contributed by atoms with Gasteiger partial charge in [0.05, 0.1) is 28.4 Å². The molecule has 0 radical (unpaired) electrons. The van der Waals surface area contributed by atoms with E-state index in [1.807, 2.05) is 6.07 Å². The summed E-state index contributed by atoms with van der Waals surface area (Å²) in [5, 5.41) is 11.6. The molecular formula is C14H17ClN4O2. The second kappa shape index (κ2) is 6.46. The number of anilines is 2. The molecule has 0 saturated heterocycles. The number of hydrogen-bond acceptors (Lipinski definition) is 5. The van der Waals surface area contributed by atoms with Crippen LogP contribution in [0.1, 0.15) is 36.2 Å². The Balaban J connectivity index is 3.13. The number of rotatable bonds is 5. The molecule has 0 bridgehead atoms. The third kappa shape index (κ3) is 3.44. The second-order valence-corrected chi connectivity index (χ2v) is 5.10. The lowest BCUT2D eigenvalue weighted by molar-refractivity contribution is -0.122. The lowest BCUT2D eigenvalue weighted by Gasteiger charge is -2.27. The first kappa shape index (κ1) is 16.8. The number of nitrogen functional groups attached to an aromatic ring is 2. The molecule has 112 valence electrons. The number of alkyl halides is 1. The van der Waals surface area contributed by atoms with Crippen molar-refractivity contribution in [3.05, 3.63) is 23.3 Å². The summed E-state index contributed by atoms with van der Waals surface area (Å²) in [6, 6.07) is 4.57. The molecule has 21 heavy (non-hydrogen) atoms. The Hall–Kier alpha value is -2.26. The molecule has 0 aliphatic carbocycles. The van der Waals surface area contributed by atoms with Crippen molar-refractivity contribution in [3.8, 4) is 6.07 Å². The van der Waals surface area contributed by atoms with Gasteiger partial charge in [0.2, 0.25) is 0 Å². The van der Waals surface area contributed by atoms with Gasteiger partial charge in [0.15, 0.2) is 5.78 Å². The van der Waals surface area contributed by atoms with Crippen LogP contribution in [0.5, 0.6) is 0 Å². The van der Waals surface area contributed by atoms with Gasteiger partial charge in [-0.1, -0.05) is 6.92 Å². The van der Waals surface area contributed by atoms with E-state index in [9.17, 15) is 9.59 Å². The van der Waals surface area contributed by atoms with Gasteiger partial charge < -0.3 is 16.8 Å². The van der Waals surface area contributed by atoms with Crippen LogP contribution in [-0.4, -0.2) is 23.1 Å². The van der Waals surface area contributed by atoms with E-state index in [1.165, 1.54) is 12.1 Å². The summed E-state index contributed by atoms with van der Waals surface area (Å²) in [6.07, 6.45) is 0.389. The maximum atomic E-state index is 12.3. The largest absolute Gasteiger partial charge is 0.397 e. The van der Waals surface area contributed by atoms with Gasteiger partial charge >= 0.3 is 0 Å². The summed E-state index contributed by atoms with van der Waals surface area (Å²) in [4.78, 5) is 24.1. The number of amides is 1. The maximum Gasteiger partial charge on any atom is 0.252 e. The Morgan fingerprint density at radius 1 is 1.43 bits per heavy atom. The zero-order valence-electron chi connectivity index (χ0n) is 11.9. The lowest BCUT2D eigenvalue weighted by atomic mass is 9.93. The normalized spacial score (nSPS) is 13.0. The van der Waals surface area contributed by atoms with Gasteiger partial charge in [-0.25, -0.2) is 0 Å². The third-order valence-electron chi connectivity index (χ3n) is 3.43. The van der Waals surface area contributed by atoms with Crippen molar-refractivity contribution < 1.29 is 9.59 Å². The van der Waals surface area contributed by atoms with Crippen molar-refractivity contribution in [2.75, 3.05) is 17.3 Å². The van der Waals surface area contributed by atoms with Crippen molar-refractivity contribution >= 4 is 34.7 Å². The SMILES string of the molecule is CCC(C)(NC(=O)c1cc(N)c(N)c(C#N)c1)C(=O)CCl. The Bertz CT molecular complexity index is 624. The van der Waals surface area contributed by atoms with Crippen LogP contribution >= 0.6 is 11.6 Å². The topological polar surface area (TPSA) is 122 Å². The first-order chi connectivity index (χ1) is 9.78. The van der Waals surface area contributed by atoms with Gasteiger partial charge in [-0.3, -0.25) is 9.59 Å². The average Bonchev–Trinajstić information content (AvgIpc) is 2.48. The van der Waals surface area contributed by atoms with Crippen LogP contribution in [0.25, 0.3) is 0 Å². The molecule has 0 heterocycles. The molecule has 5 N–H and O–H groups in total. The van der Waals surface area contributed by atoms with E-state index in [0.29, 0.717) is 6.42 Å². The smallest absolute Gasteiger partial charge is 0.252 e. The van der Waals surface area contributed by atoms with E-state index in [-0.39, 0.29) is 34.2 Å². The standard InChI is InChI=1S/C14H17ClN4O2/c1-3-14(2,11(20)6-15)19-13(21)8-4-9(7-16)12(18)10(17)5-8/h4-5H,3,6,17-18H2,1-2H3,(H,19,21). The highest BCUT2D eigenvalue weighted by atomic mass is 35.5. The Morgan fingerprint density at radius 2 is 2.05 bits per heavy atom. The first-order valence-corrected chi connectivity index (χ1v) is 6.83. The van der Waals surface area contributed by atoms with Gasteiger partial charge in [0.25, 0.3) is 5.91 Å². The number of hydrogen-bond donors (Lipinski definition) is 3. The number of halogens is 1. The van der Waals surface area contributed by atoms with Crippen molar-refractivity contribution in [3.63, 3.8) is 0 Å². The monoisotopic (exact) mass is 308 g/mol. The number of carbonyl (C=O) groups is 2. The molecule has 1 aromatic rings. The zero-order valence-corrected chi connectivity index (χ0v) is 12.6. The number of ketones is 1. The summed E-state index contributed by atoms with van der Waals surface area (Å²) in [5.74, 6) is -0.997. The molecule has 0 spiro atoms. The minimum atomic E-state index is -1.07. The molecule has 0 aliphatic heterocycles. The van der Waals surface area contributed by atoms with Crippen molar-refractivity contribution in [2.24, 2.45) is 0 Å². The molecule has 1 aromatic carbocycles. The minimum Gasteiger partial charge on any atom is -0.397 e. The quantitative estimate of drug-likeness (QED) is 0.561. The number of benzene rings is 1. The van der Waals surface area contributed by atoms with Crippen molar-refractivity contribution in [2.45, 2.75) is 25.8 Å². The number of nitrogens with one attached hydrogen (secondary N) is 1. The van der Waals surface area contributed by atoms with Crippen LogP contribution in [0.15, 0.2) is 12.1 Å². The lowest BCUT2D eigenvalue weighted by Crippen LogP contribution is -2.52. The van der Waals surface area contributed by atoms with Gasteiger partial charge in [-0.15, -0.1) is 11.6 Å². The summed E-state index contributed by atoms with van der Waals surface area (Å²) < 4.78 is 0. The maximum absolute atomic E-state index is 12.3. The highest BCUT2D eigenvalue weighted by Gasteiger charge is 2.32. The zero-order chi connectivity index (χ0) is 16.2. The Morgan fingerprint density at radius 3 is 2.52 bits per heavy atom. The van der Waals surface area contributed by atoms with Crippen molar-refractivity contribution in [1.82, 2.24) is 5.32 Å². The van der Waals surface area contributed by atoms with Gasteiger partial charge in [0, 0.05) is 5.56 Å². The van der Waals surface area contributed by atoms with E-state index in [4.69, 9.17) is 28.3 Å². The van der Waals surface area contributed by atoms with Crippen LogP contribution in [0, 0.1) is 11.3 Å². The molecule has 0 fully saturated rings. The highest BCUT2D eigenvalue weighted by Crippen LogP contribution is 2.22. The fourth-order valence-corrected chi connectivity index (χ4v) is 2.02. The van der Waals surface area contributed by atoms with E-state index < -0.39 is 11.4 Å². The number of Topliss-reactive ketones (excluding diaryl/α,β-unsaturated/α-hetero) is 1. The molecule has 6 nitrogen and oxygen atoms in total. The second-order valence-electron chi connectivity index (χ2n) is 4.84. The first-order valence-electron chi connectivity index (χ1n) is 6.30. The molecule has 7 heteroatoms. The average molecular weight is 309 g/mol. The molecule has 0 saturated carbocycles. The van der Waals surface area contributed by atoms with E-state index in [2.05, 4.69) is 5.32 Å². The van der Waals surface area contributed by atoms with Crippen LogP contribution in [0.2, 0.25) is 0 Å². The van der Waals surface area contributed by atoms with Crippen LogP contribution in [-0.2, 0) is 4.79 Å². The van der Waals surface area contributed by atoms with Gasteiger partial charge in [-0.05, 0) is 25.5 Å². The van der Waals surface area contributed by atoms with Crippen LogP contribution in [0.3, 0.4) is 0 Å². The van der Waals surface area contributed by atoms with Crippen LogP contribution in [0.4, 0.5) is 11.4 Å². The minimum absolute atomic E-state index is 0.113. The van der Waals surface area contributed by atoms with E-state index in [1.54, 1.807) is 13.8 Å². The van der Waals surface area contributed by atoms with Gasteiger partial charge in [0.1, 0.15) is 6.07 Å². The fourth-order valence-electron chi connectivity index (χ4n) is 1.72. The molecule has 1 rings (SSSR count). The molecule has 1 atom stereocenters. The number of nitriles is 1. The molecular weight excluding hydrogens is 292 g/mol. The molecule has 1 unspecified atom stereocenters. The summed E-state index contributed by atoms with van der Waals surface area (Å²) in [5.41, 5.74) is 10.8. The summed E-state index contributed by atoms with van der Waals surface area (Å²) in [6.45, 7) is 3.37. The summed E-state index contributed by atoms with van der Waals surface area (Å²) in [7, 11) is 0. The third-order valence-corrected chi connectivity index (χ3v) is 3.67. The predicted octanol–water partition coefficient (Wildman–Crippen LogP) is 1.43. The van der Waals surface area contributed by atoms with E-state index >= 15 is 0 Å². The van der Waals surface area contributed by atoms with Gasteiger partial charge in [-0.2, -0.15) is 5.26 Å². The van der Waals surface area contributed by atoms with E-state index in [0.717, 1.165) is 0 Å². The number of nitrogens with zero attached hydrogens (tertiary/aromatic N) is 1. The fraction of sp³-hybridized carbons (Fsp3) is 0.357. The highest BCUT2D eigenvalue weighted by molar-refractivity contribution is 6.29. The molecule has 1 amide bonds. The predicted molar refractivity (Wildman–Crippen MR) is 81.9 cm³/mol. The molecule has 0 aromatic heterocycles.